The number of hydrogen-bond donors (Lipinski definition) is 1. The molecule has 0 saturated carbocycles. The predicted molar refractivity (Wildman–Crippen MR) is 71.2 cm³/mol. The third-order valence-corrected chi connectivity index (χ3v) is 2.94. The van der Waals surface area contributed by atoms with Gasteiger partial charge in [0.05, 0.1) is 0 Å². The second kappa shape index (κ2) is 5.69. The number of halogens is 2. The van der Waals surface area contributed by atoms with Gasteiger partial charge in [0.25, 0.3) is 0 Å². The second-order valence-corrected chi connectivity index (χ2v) is 4.28. The maximum Gasteiger partial charge on any atom is 0.165 e. The van der Waals surface area contributed by atoms with E-state index in [1.165, 1.54) is 24.3 Å². The predicted octanol–water partition coefficient (Wildman–Crippen LogP) is 3.70. The Labute approximate surface area is 110 Å². The van der Waals surface area contributed by atoms with Crippen molar-refractivity contribution in [3.8, 4) is 5.75 Å². The summed E-state index contributed by atoms with van der Waals surface area (Å²) >= 11 is 0. The highest BCUT2D eigenvalue weighted by molar-refractivity contribution is 5.47. The molecule has 0 aliphatic rings. The van der Waals surface area contributed by atoms with Crippen molar-refractivity contribution in [3.05, 3.63) is 59.7 Å². The molecule has 0 aromatic heterocycles. The van der Waals surface area contributed by atoms with Gasteiger partial charge in [0.2, 0.25) is 0 Å². The van der Waals surface area contributed by atoms with E-state index in [9.17, 15) is 8.78 Å². The molecule has 2 nitrogen and oxygen atoms in total. The topological polar surface area (TPSA) is 23.5 Å². The van der Waals surface area contributed by atoms with Crippen molar-refractivity contribution < 1.29 is 13.9 Å². The number of nitrogens with zero attached hydrogens (tertiary/aromatic N) is 1. The average Bonchev–Trinajstić information content (AvgIpc) is 2.40. The van der Waals surface area contributed by atoms with Crippen LogP contribution in [0.25, 0.3) is 0 Å². The van der Waals surface area contributed by atoms with E-state index in [2.05, 4.69) is 0 Å². The minimum atomic E-state index is -0.646. The van der Waals surface area contributed by atoms with Crippen LogP contribution in [-0.4, -0.2) is 11.7 Å². The van der Waals surface area contributed by atoms with Gasteiger partial charge < -0.3 is 10.0 Å². The van der Waals surface area contributed by atoms with E-state index in [0.717, 1.165) is 11.3 Å². The molecule has 0 saturated heterocycles. The van der Waals surface area contributed by atoms with Crippen molar-refractivity contribution in [1.82, 2.24) is 0 Å². The lowest BCUT2D eigenvalue weighted by Gasteiger charge is -2.23. The van der Waals surface area contributed by atoms with E-state index < -0.39 is 5.82 Å². The van der Waals surface area contributed by atoms with Crippen molar-refractivity contribution in [2.24, 2.45) is 0 Å². The Morgan fingerprint density at radius 3 is 2.53 bits per heavy atom. The fourth-order valence-electron chi connectivity index (χ4n) is 1.93. The van der Waals surface area contributed by atoms with Gasteiger partial charge >= 0.3 is 0 Å². The zero-order chi connectivity index (χ0) is 13.8. The lowest BCUT2D eigenvalue weighted by molar-refractivity contribution is 0.431. The zero-order valence-corrected chi connectivity index (χ0v) is 10.6. The number of benzene rings is 2. The molecule has 0 fully saturated rings. The number of rotatable bonds is 4. The summed E-state index contributed by atoms with van der Waals surface area (Å²) in [5.74, 6) is -1.31. The van der Waals surface area contributed by atoms with Crippen LogP contribution < -0.4 is 4.90 Å². The molecule has 0 heterocycles. The zero-order valence-electron chi connectivity index (χ0n) is 10.6. The third kappa shape index (κ3) is 3.22. The lowest BCUT2D eigenvalue weighted by Crippen LogP contribution is -2.22. The van der Waals surface area contributed by atoms with E-state index in [-0.39, 0.29) is 11.6 Å². The first-order valence-corrected chi connectivity index (χ1v) is 6.08. The van der Waals surface area contributed by atoms with Gasteiger partial charge in [-0.2, -0.15) is 0 Å². The van der Waals surface area contributed by atoms with Crippen molar-refractivity contribution in [3.63, 3.8) is 0 Å². The number of aromatic hydroxyl groups is 1. The maximum absolute atomic E-state index is 13.3. The second-order valence-electron chi connectivity index (χ2n) is 4.28. The molecule has 2 aromatic carbocycles. The summed E-state index contributed by atoms with van der Waals surface area (Å²) in [7, 11) is 0. The molecule has 100 valence electrons. The number of hydrogen-bond acceptors (Lipinski definition) is 2. The molecule has 4 heteroatoms. The summed E-state index contributed by atoms with van der Waals surface area (Å²) in [4.78, 5) is 1.93. The standard InChI is InChI=1S/C15H15F2NO/c1-2-18(13-5-3-4-12(16)9-13)10-11-6-7-15(19)14(17)8-11/h3-9,19H,2,10H2,1H3. The average molecular weight is 263 g/mol. The van der Waals surface area contributed by atoms with Gasteiger partial charge in [0.1, 0.15) is 5.82 Å². The van der Waals surface area contributed by atoms with Gasteiger partial charge in [0, 0.05) is 18.8 Å². The summed E-state index contributed by atoms with van der Waals surface area (Å²) in [5.41, 5.74) is 1.47. The van der Waals surface area contributed by atoms with Crippen molar-refractivity contribution in [1.29, 1.82) is 0 Å². The Balaban J connectivity index is 2.21. The molecule has 1 N–H and O–H groups in total. The molecule has 0 atom stereocenters. The first kappa shape index (κ1) is 13.3. The van der Waals surface area contributed by atoms with E-state index >= 15 is 0 Å². The Morgan fingerprint density at radius 1 is 1.11 bits per heavy atom. The van der Waals surface area contributed by atoms with Crippen LogP contribution in [0.15, 0.2) is 42.5 Å². The quantitative estimate of drug-likeness (QED) is 0.909. The maximum atomic E-state index is 13.3. The van der Waals surface area contributed by atoms with Crippen LogP contribution >= 0.6 is 0 Å². The van der Waals surface area contributed by atoms with Crippen LogP contribution in [0.2, 0.25) is 0 Å². The molecule has 0 bridgehead atoms. The van der Waals surface area contributed by atoms with Crippen molar-refractivity contribution in [2.75, 3.05) is 11.4 Å². The summed E-state index contributed by atoms with van der Waals surface area (Å²) in [6.45, 7) is 3.07. The molecule has 2 rings (SSSR count). The summed E-state index contributed by atoms with van der Waals surface area (Å²) in [5, 5.41) is 9.15. The molecule has 19 heavy (non-hydrogen) atoms. The highest BCUT2D eigenvalue weighted by Crippen LogP contribution is 2.21. The smallest absolute Gasteiger partial charge is 0.165 e. The van der Waals surface area contributed by atoms with Crippen LogP contribution in [-0.2, 0) is 6.54 Å². The van der Waals surface area contributed by atoms with Crippen molar-refractivity contribution in [2.45, 2.75) is 13.5 Å². The molecule has 0 spiro atoms. The molecular formula is C15H15F2NO. The highest BCUT2D eigenvalue weighted by atomic mass is 19.1. The van der Waals surface area contributed by atoms with E-state index in [1.807, 2.05) is 17.9 Å². The summed E-state index contributed by atoms with van der Waals surface area (Å²) in [6, 6.07) is 10.5. The SMILES string of the molecule is CCN(Cc1ccc(O)c(F)c1)c1cccc(F)c1. The number of phenols is 1. The van der Waals surface area contributed by atoms with Crippen LogP contribution in [0, 0.1) is 11.6 Å². The lowest BCUT2D eigenvalue weighted by atomic mass is 10.1. The number of phenolic OH excluding ortho intramolecular Hbond substituents is 1. The van der Waals surface area contributed by atoms with Gasteiger partial charge in [-0.25, -0.2) is 8.78 Å². The highest BCUT2D eigenvalue weighted by Gasteiger charge is 2.08. The fraction of sp³-hybridized carbons (Fsp3) is 0.200. The normalized spacial score (nSPS) is 10.5. The van der Waals surface area contributed by atoms with Crippen molar-refractivity contribution >= 4 is 5.69 Å². The Bertz CT molecular complexity index is 572. The monoisotopic (exact) mass is 263 g/mol. The fourth-order valence-corrected chi connectivity index (χ4v) is 1.93. The van der Waals surface area contributed by atoms with Crippen LogP contribution in [0.4, 0.5) is 14.5 Å². The first-order valence-electron chi connectivity index (χ1n) is 6.08. The Hall–Kier alpha value is -2.10. The van der Waals surface area contributed by atoms with E-state index in [1.54, 1.807) is 12.1 Å². The van der Waals surface area contributed by atoms with Crippen LogP contribution in [0.3, 0.4) is 0 Å². The largest absolute Gasteiger partial charge is 0.505 e. The van der Waals surface area contributed by atoms with Gasteiger partial charge in [-0.15, -0.1) is 0 Å². The van der Waals surface area contributed by atoms with Gasteiger partial charge in [-0.05, 0) is 42.8 Å². The van der Waals surface area contributed by atoms with E-state index in [4.69, 9.17) is 5.11 Å². The molecule has 2 aromatic rings. The molecular weight excluding hydrogens is 248 g/mol. The third-order valence-electron chi connectivity index (χ3n) is 2.94. The number of anilines is 1. The van der Waals surface area contributed by atoms with Gasteiger partial charge in [-0.1, -0.05) is 12.1 Å². The molecule has 0 aliphatic carbocycles. The minimum Gasteiger partial charge on any atom is -0.505 e. The first-order chi connectivity index (χ1) is 9.10. The Morgan fingerprint density at radius 2 is 1.89 bits per heavy atom. The van der Waals surface area contributed by atoms with Gasteiger partial charge in [-0.3, -0.25) is 0 Å². The minimum absolute atomic E-state index is 0.298. The Kier molecular flexibility index (Phi) is 4.00. The molecule has 0 amide bonds. The van der Waals surface area contributed by atoms with Crippen LogP contribution in [0.1, 0.15) is 12.5 Å². The van der Waals surface area contributed by atoms with Gasteiger partial charge in [0.15, 0.2) is 11.6 Å². The molecule has 0 aliphatic heterocycles. The molecule has 0 unspecified atom stereocenters. The summed E-state index contributed by atoms with van der Waals surface area (Å²) < 4.78 is 26.5. The van der Waals surface area contributed by atoms with E-state index in [0.29, 0.717) is 13.1 Å². The molecule has 0 radical (unpaired) electrons. The summed E-state index contributed by atoms with van der Waals surface area (Å²) in [6.07, 6.45) is 0. The van der Waals surface area contributed by atoms with Crippen LogP contribution in [0.5, 0.6) is 5.75 Å².